The fourth-order valence-corrected chi connectivity index (χ4v) is 3.03. The Morgan fingerprint density at radius 2 is 2.05 bits per heavy atom. The molecule has 6 heteroatoms. The van der Waals surface area contributed by atoms with Crippen LogP contribution in [0.5, 0.6) is 0 Å². The summed E-state index contributed by atoms with van der Waals surface area (Å²) in [5.41, 5.74) is 5.59. The zero-order chi connectivity index (χ0) is 14.6. The maximum atomic E-state index is 12.4. The molecule has 19 heavy (non-hydrogen) atoms. The molecule has 0 aliphatic carbocycles. The normalized spacial score (nSPS) is 11.2. The van der Waals surface area contributed by atoms with Gasteiger partial charge >= 0.3 is 0 Å². The van der Waals surface area contributed by atoms with E-state index in [0.29, 0.717) is 23.6 Å². The second-order valence-electron chi connectivity index (χ2n) is 4.23. The Hall–Kier alpha value is -0.650. The molecule has 0 spiro atoms. The van der Waals surface area contributed by atoms with Crippen molar-refractivity contribution in [2.75, 3.05) is 5.32 Å². The summed E-state index contributed by atoms with van der Waals surface area (Å²) in [7, 11) is 0. The Kier molecular flexibility index (Phi) is 5.77. The minimum Gasteiger partial charge on any atom is -0.392 e. The quantitative estimate of drug-likeness (QED) is 0.773. The van der Waals surface area contributed by atoms with Crippen LogP contribution in [0.3, 0.4) is 0 Å². The van der Waals surface area contributed by atoms with Gasteiger partial charge in [-0.1, -0.05) is 37.7 Å². The Balaban J connectivity index is 3.03. The minimum atomic E-state index is -0.811. The Morgan fingerprint density at radius 1 is 1.47 bits per heavy atom. The molecule has 0 fully saturated rings. The van der Waals surface area contributed by atoms with Crippen LogP contribution in [-0.2, 0) is 4.79 Å². The maximum Gasteiger partial charge on any atom is 0.237 e. The van der Waals surface area contributed by atoms with Gasteiger partial charge in [-0.05, 0) is 47.0 Å². The fourth-order valence-electron chi connectivity index (χ4n) is 1.86. The van der Waals surface area contributed by atoms with Crippen molar-refractivity contribution in [3.63, 3.8) is 0 Å². The van der Waals surface area contributed by atoms with Gasteiger partial charge in [0.25, 0.3) is 0 Å². The molecule has 1 rings (SSSR count). The molecule has 3 nitrogen and oxygen atoms in total. The molecule has 0 radical (unpaired) electrons. The monoisotopic (exact) mass is 362 g/mol. The molecule has 0 aliphatic heterocycles. The van der Waals surface area contributed by atoms with Crippen LogP contribution in [0, 0.1) is 5.41 Å². The Bertz CT molecular complexity index is 503. The molecule has 0 saturated heterocycles. The molecule has 0 heterocycles. The Labute approximate surface area is 132 Å². The first-order chi connectivity index (χ1) is 8.87. The van der Waals surface area contributed by atoms with Crippen LogP contribution in [0.2, 0.25) is 5.02 Å². The highest BCUT2D eigenvalue weighted by molar-refractivity contribution is 9.10. The molecular weight excluding hydrogens is 348 g/mol. The lowest BCUT2D eigenvalue weighted by Crippen LogP contribution is -2.45. The smallest absolute Gasteiger partial charge is 0.237 e. The summed E-state index contributed by atoms with van der Waals surface area (Å²) >= 11 is 14.3. The standard InChI is InChI=1S/C13H16BrClN2OS/c1-3-13(4-2,11(16)19)12(18)17-10-6-5-8(15)7-9(10)14/h5-7H,3-4H2,1-2H3,(H2,16,19)(H,17,18). The number of rotatable bonds is 5. The molecule has 0 aliphatic rings. The van der Waals surface area contributed by atoms with E-state index in [0.717, 1.165) is 4.47 Å². The van der Waals surface area contributed by atoms with E-state index in [4.69, 9.17) is 29.6 Å². The number of hydrogen-bond acceptors (Lipinski definition) is 2. The molecule has 0 saturated carbocycles. The number of anilines is 1. The van der Waals surface area contributed by atoms with E-state index >= 15 is 0 Å². The first kappa shape index (κ1) is 16.4. The van der Waals surface area contributed by atoms with E-state index in [9.17, 15) is 4.79 Å². The van der Waals surface area contributed by atoms with Gasteiger partial charge in [0, 0.05) is 9.50 Å². The first-order valence-electron chi connectivity index (χ1n) is 5.93. The van der Waals surface area contributed by atoms with Crippen LogP contribution in [0.1, 0.15) is 26.7 Å². The number of halogens is 2. The van der Waals surface area contributed by atoms with Gasteiger partial charge in [0.2, 0.25) is 5.91 Å². The lowest BCUT2D eigenvalue weighted by Gasteiger charge is -2.29. The number of amides is 1. The van der Waals surface area contributed by atoms with Gasteiger partial charge in [-0.25, -0.2) is 0 Å². The largest absolute Gasteiger partial charge is 0.392 e. The predicted molar refractivity (Wildman–Crippen MR) is 87.6 cm³/mol. The molecule has 1 aromatic rings. The number of thiocarbonyl (C=S) groups is 1. The number of carbonyl (C=O) groups excluding carboxylic acids is 1. The molecule has 1 amide bonds. The van der Waals surface area contributed by atoms with E-state index in [1.165, 1.54) is 0 Å². The van der Waals surface area contributed by atoms with Crippen molar-refractivity contribution in [1.29, 1.82) is 0 Å². The van der Waals surface area contributed by atoms with Crippen LogP contribution in [-0.4, -0.2) is 10.9 Å². The van der Waals surface area contributed by atoms with E-state index in [2.05, 4.69) is 21.2 Å². The number of nitrogens with two attached hydrogens (primary N) is 1. The SMILES string of the molecule is CCC(CC)(C(=O)Nc1ccc(Cl)cc1Br)C(N)=S. The lowest BCUT2D eigenvalue weighted by atomic mass is 9.81. The minimum absolute atomic E-state index is 0.187. The van der Waals surface area contributed by atoms with Crippen LogP contribution < -0.4 is 11.1 Å². The number of carbonyl (C=O) groups is 1. The summed E-state index contributed by atoms with van der Waals surface area (Å²) in [5, 5.41) is 3.44. The van der Waals surface area contributed by atoms with Crippen LogP contribution in [0.4, 0.5) is 5.69 Å². The highest BCUT2D eigenvalue weighted by Crippen LogP contribution is 2.31. The number of hydrogen-bond donors (Lipinski definition) is 2. The van der Waals surface area contributed by atoms with Crippen molar-refractivity contribution in [2.24, 2.45) is 11.1 Å². The van der Waals surface area contributed by atoms with E-state index in [1.54, 1.807) is 18.2 Å². The van der Waals surface area contributed by atoms with Gasteiger partial charge in [0.05, 0.1) is 16.1 Å². The van der Waals surface area contributed by atoms with Crippen molar-refractivity contribution in [3.05, 3.63) is 27.7 Å². The summed E-state index contributed by atoms with van der Waals surface area (Å²) in [6, 6.07) is 5.17. The second-order valence-corrected chi connectivity index (χ2v) is 5.96. The zero-order valence-corrected chi connectivity index (χ0v) is 14.0. The van der Waals surface area contributed by atoms with Crippen molar-refractivity contribution >= 4 is 56.3 Å². The van der Waals surface area contributed by atoms with Gasteiger partial charge < -0.3 is 11.1 Å². The molecule has 0 bridgehead atoms. The molecule has 104 valence electrons. The van der Waals surface area contributed by atoms with E-state index in [1.807, 2.05) is 13.8 Å². The van der Waals surface area contributed by atoms with Crippen LogP contribution in [0.25, 0.3) is 0 Å². The van der Waals surface area contributed by atoms with Crippen molar-refractivity contribution in [1.82, 2.24) is 0 Å². The predicted octanol–water partition coefficient (Wildman–Crippen LogP) is 4.13. The van der Waals surface area contributed by atoms with Gasteiger partial charge in [-0.2, -0.15) is 0 Å². The highest BCUT2D eigenvalue weighted by Gasteiger charge is 2.38. The summed E-state index contributed by atoms with van der Waals surface area (Å²) in [6.07, 6.45) is 1.13. The molecule has 1 aromatic carbocycles. The third kappa shape index (κ3) is 3.46. The lowest BCUT2D eigenvalue weighted by molar-refractivity contribution is -0.122. The summed E-state index contributed by atoms with van der Waals surface area (Å²) in [6.45, 7) is 3.80. The Morgan fingerprint density at radius 3 is 2.47 bits per heavy atom. The molecule has 0 aromatic heterocycles. The molecule has 0 unspecified atom stereocenters. The second kappa shape index (κ2) is 6.68. The number of nitrogens with one attached hydrogen (secondary N) is 1. The van der Waals surface area contributed by atoms with Crippen molar-refractivity contribution < 1.29 is 4.79 Å². The summed E-state index contributed by atoms with van der Waals surface area (Å²) < 4.78 is 0.720. The average Bonchev–Trinajstić information content (AvgIpc) is 2.34. The summed E-state index contributed by atoms with van der Waals surface area (Å²) in [4.78, 5) is 12.7. The highest BCUT2D eigenvalue weighted by atomic mass is 79.9. The topological polar surface area (TPSA) is 55.1 Å². The third-order valence-electron chi connectivity index (χ3n) is 3.29. The van der Waals surface area contributed by atoms with E-state index in [-0.39, 0.29) is 10.9 Å². The van der Waals surface area contributed by atoms with Crippen molar-refractivity contribution in [2.45, 2.75) is 26.7 Å². The molecule has 3 N–H and O–H groups in total. The van der Waals surface area contributed by atoms with Gasteiger partial charge in [-0.15, -0.1) is 0 Å². The summed E-state index contributed by atoms with van der Waals surface area (Å²) in [5.74, 6) is -0.187. The van der Waals surface area contributed by atoms with Crippen LogP contribution >= 0.6 is 39.7 Å². The average molecular weight is 364 g/mol. The maximum absolute atomic E-state index is 12.4. The van der Waals surface area contributed by atoms with Gasteiger partial charge in [0.15, 0.2) is 0 Å². The number of benzene rings is 1. The van der Waals surface area contributed by atoms with Crippen LogP contribution in [0.15, 0.2) is 22.7 Å². The third-order valence-corrected chi connectivity index (χ3v) is 4.57. The van der Waals surface area contributed by atoms with Crippen molar-refractivity contribution in [3.8, 4) is 0 Å². The van der Waals surface area contributed by atoms with Gasteiger partial charge in [0.1, 0.15) is 0 Å². The molecular formula is C13H16BrClN2OS. The van der Waals surface area contributed by atoms with Gasteiger partial charge in [-0.3, -0.25) is 4.79 Å². The fraction of sp³-hybridized carbons (Fsp3) is 0.385. The zero-order valence-electron chi connectivity index (χ0n) is 10.8. The first-order valence-corrected chi connectivity index (χ1v) is 7.51. The van der Waals surface area contributed by atoms with E-state index < -0.39 is 5.41 Å². The molecule has 0 atom stereocenters.